The van der Waals surface area contributed by atoms with Crippen molar-refractivity contribution in [2.45, 2.75) is 51.1 Å². The van der Waals surface area contributed by atoms with Crippen LogP contribution in [0.2, 0.25) is 0 Å². The van der Waals surface area contributed by atoms with E-state index in [4.69, 9.17) is 4.42 Å². The molecule has 2 aromatic rings. The quantitative estimate of drug-likeness (QED) is 0.819. The van der Waals surface area contributed by atoms with Gasteiger partial charge in [-0.1, -0.05) is 25.7 Å². The molecule has 2 heterocycles. The van der Waals surface area contributed by atoms with Gasteiger partial charge in [-0.2, -0.15) is 0 Å². The molecule has 25 heavy (non-hydrogen) atoms. The molecule has 0 bridgehead atoms. The lowest BCUT2D eigenvalue weighted by Crippen LogP contribution is -2.34. The fourth-order valence-corrected chi connectivity index (χ4v) is 3.06. The van der Waals surface area contributed by atoms with E-state index in [1.807, 2.05) is 0 Å². The molecule has 2 aromatic heterocycles. The fourth-order valence-electron chi connectivity index (χ4n) is 3.06. The molecule has 0 spiro atoms. The van der Waals surface area contributed by atoms with Crippen molar-refractivity contribution in [1.29, 1.82) is 0 Å². The molecular weight excluding hydrogens is 318 g/mol. The zero-order valence-corrected chi connectivity index (χ0v) is 14.2. The van der Waals surface area contributed by atoms with Crippen molar-refractivity contribution < 1.29 is 14.0 Å². The van der Waals surface area contributed by atoms with Gasteiger partial charge in [0.15, 0.2) is 0 Å². The second kappa shape index (κ2) is 8.46. The summed E-state index contributed by atoms with van der Waals surface area (Å²) >= 11 is 0. The van der Waals surface area contributed by atoms with E-state index in [2.05, 4.69) is 15.6 Å². The standard InChI is InChI=1S/C19H23N3O3/c23-18(22-15-6-3-1-2-4-7-15)14-9-10-20-17(12-14)19(24)21-13-16-8-5-11-25-16/h5,8-12,15H,1-4,6-7,13H2,(H,21,24)(H,22,23). The van der Waals surface area contributed by atoms with Crippen LogP contribution in [0.15, 0.2) is 41.1 Å². The van der Waals surface area contributed by atoms with Crippen LogP contribution in [0.5, 0.6) is 0 Å². The highest BCUT2D eigenvalue weighted by Crippen LogP contribution is 2.17. The maximum absolute atomic E-state index is 12.5. The van der Waals surface area contributed by atoms with Crippen LogP contribution in [0.4, 0.5) is 0 Å². The van der Waals surface area contributed by atoms with Gasteiger partial charge in [0.2, 0.25) is 0 Å². The molecule has 0 aliphatic heterocycles. The minimum atomic E-state index is -0.333. The first kappa shape index (κ1) is 17.2. The van der Waals surface area contributed by atoms with E-state index in [0.717, 1.165) is 25.7 Å². The molecule has 1 aliphatic rings. The van der Waals surface area contributed by atoms with E-state index >= 15 is 0 Å². The smallest absolute Gasteiger partial charge is 0.270 e. The van der Waals surface area contributed by atoms with Crippen molar-refractivity contribution in [3.05, 3.63) is 53.7 Å². The lowest BCUT2D eigenvalue weighted by Gasteiger charge is -2.16. The van der Waals surface area contributed by atoms with Crippen LogP contribution in [0.3, 0.4) is 0 Å². The molecule has 0 unspecified atom stereocenters. The Labute approximate surface area is 147 Å². The van der Waals surface area contributed by atoms with Crippen molar-refractivity contribution in [2.75, 3.05) is 0 Å². The highest BCUT2D eigenvalue weighted by atomic mass is 16.3. The third-order valence-electron chi connectivity index (χ3n) is 4.45. The third-order valence-corrected chi connectivity index (χ3v) is 4.45. The van der Waals surface area contributed by atoms with E-state index in [0.29, 0.717) is 11.3 Å². The molecule has 0 saturated heterocycles. The molecule has 0 atom stereocenters. The number of aromatic nitrogens is 1. The first-order chi connectivity index (χ1) is 12.2. The minimum absolute atomic E-state index is 0.144. The first-order valence-electron chi connectivity index (χ1n) is 8.80. The number of nitrogens with one attached hydrogen (secondary N) is 2. The lowest BCUT2D eigenvalue weighted by molar-refractivity contribution is 0.0933. The van der Waals surface area contributed by atoms with E-state index in [1.54, 1.807) is 24.5 Å². The van der Waals surface area contributed by atoms with Crippen molar-refractivity contribution in [3.63, 3.8) is 0 Å². The van der Waals surface area contributed by atoms with Gasteiger partial charge in [0.1, 0.15) is 11.5 Å². The van der Waals surface area contributed by atoms with Gasteiger partial charge >= 0.3 is 0 Å². The van der Waals surface area contributed by atoms with Crippen LogP contribution in [0.25, 0.3) is 0 Å². The second-order valence-corrected chi connectivity index (χ2v) is 6.35. The second-order valence-electron chi connectivity index (χ2n) is 6.35. The maximum atomic E-state index is 12.5. The normalized spacial score (nSPS) is 15.4. The predicted octanol–water partition coefficient (Wildman–Crippen LogP) is 3.06. The first-order valence-corrected chi connectivity index (χ1v) is 8.80. The topological polar surface area (TPSA) is 84.2 Å². The van der Waals surface area contributed by atoms with Gasteiger partial charge in [0.25, 0.3) is 11.8 Å². The Morgan fingerprint density at radius 1 is 1.12 bits per heavy atom. The van der Waals surface area contributed by atoms with Crippen molar-refractivity contribution in [2.24, 2.45) is 0 Å². The Morgan fingerprint density at radius 2 is 1.92 bits per heavy atom. The van der Waals surface area contributed by atoms with Gasteiger partial charge < -0.3 is 15.1 Å². The summed E-state index contributed by atoms with van der Waals surface area (Å²) in [5.41, 5.74) is 0.683. The lowest BCUT2D eigenvalue weighted by atomic mass is 10.1. The summed E-state index contributed by atoms with van der Waals surface area (Å²) in [6.07, 6.45) is 9.87. The highest BCUT2D eigenvalue weighted by molar-refractivity contribution is 5.98. The molecule has 2 amide bonds. The molecule has 3 rings (SSSR count). The average molecular weight is 341 g/mol. The Hall–Kier alpha value is -2.63. The Kier molecular flexibility index (Phi) is 5.82. The number of rotatable bonds is 5. The van der Waals surface area contributed by atoms with Gasteiger partial charge in [-0.05, 0) is 37.1 Å². The summed E-state index contributed by atoms with van der Waals surface area (Å²) in [6, 6.07) is 6.93. The Bertz CT molecular complexity index is 704. The molecule has 1 aliphatic carbocycles. The summed E-state index contributed by atoms with van der Waals surface area (Å²) in [5, 5.41) is 5.81. The van der Waals surface area contributed by atoms with E-state index in [-0.39, 0.29) is 30.1 Å². The van der Waals surface area contributed by atoms with Crippen LogP contribution in [0, 0.1) is 0 Å². The molecule has 0 aromatic carbocycles. The number of pyridine rings is 1. The van der Waals surface area contributed by atoms with Crippen LogP contribution >= 0.6 is 0 Å². The van der Waals surface area contributed by atoms with E-state index in [9.17, 15) is 9.59 Å². The zero-order chi connectivity index (χ0) is 17.5. The monoisotopic (exact) mass is 341 g/mol. The van der Waals surface area contributed by atoms with Crippen molar-refractivity contribution >= 4 is 11.8 Å². The Balaban J connectivity index is 1.59. The molecule has 0 radical (unpaired) electrons. The largest absolute Gasteiger partial charge is 0.467 e. The van der Waals surface area contributed by atoms with Gasteiger partial charge in [-0.15, -0.1) is 0 Å². The van der Waals surface area contributed by atoms with Crippen molar-refractivity contribution in [1.82, 2.24) is 15.6 Å². The number of furan rings is 1. The zero-order valence-electron chi connectivity index (χ0n) is 14.2. The van der Waals surface area contributed by atoms with Gasteiger partial charge in [-0.3, -0.25) is 14.6 Å². The molecule has 2 N–H and O–H groups in total. The summed E-state index contributed by atoms with van der Waals surface area (Å²) in [4.78, 5) is 28.7. The van der Waals surface area contributed by atoms with Gasteiger partial charge in [-0.25, -0.2) is 0 Å². The SMILES string of the molecule is O=C(NC1CCCCCC1)c1ccnc(C(=O)NCc2ccco2)c1. The van der Waals surface area contributed by atoms with Crippen LogP contribution in [-0.4, -0.2) is 22.8 Å². The van der Waals surface area contributed by atoms with Gasteiger partial charge in [0.05, 0.1) is 12.8 Å². The van der Waals surface area contributed by atoms with E-state index < -0.39 is 0 Å². The minimum Gasteiger partial charge on any atom is -0.467 e. The molecule has 6 heteroatoms. The molecule has 6 nitrogen and oxygen atoms in total. The molecule has 1 saturated carbocycles. The van der Waals surface area contributed by atoms with Crippen molar-refractivity contribution in [3.8, 4) is 0 Å². The highest BCUT2D eigenvalue weighted by Gasteiger charge is 2.17. The number of carbonyl (C=O) groups is 2. The summed E-state index contributed by atoms with van der Waals surface area (Å²) in [6.45, 7) is 0.284. The van der Waals surface area contributed by atoms with Crippen LogP contribution in [-0.2, 0) is 6.54 Å². The summed E-state index contributed by atoms with van der Waals surface area (Å²) in [7, 11) is 0. The van der Waals surface area contributed by atoms with Crippen LogP contribution < -0.4 is 10.6 Å². The Morgan fingerprint density at radius 3 is 2.64 bits per heavy atom. The molecule has 132 valence electrons. The summed E-state index contributed by atoms with van der Waals surface area (Å²) in [5.74, 6) is 0.186. The third kappa shape index (κ3) is 4.92. The molecular formula is C19H23N3O3. The summed E-state index contributed by atoms with van der Waals surface area (Å²) < 4.78 is 5.18. The predicted molar refractivity (Wildman–Crippen MR) is 93.1 cm³/mol. The number of carbonyl (C=O) groups excluding carboxylic acids is 2. The van der Waals surface area contributed by atoms with Crippen LogP contribution in [0.1, 0.15) is 65.1 Å². The maximum Gasteiger partial charge on any atom is 0.270 e. The number of hydrogen-bond donors (Lipinski definition) is 2. The van der Waals surface area contributed by atoms with E-state index in [1.165, 1.54) is 25.1 Å². The van der Waals surface area contributed by atoms with Gasteiger partial charge in [0, 0.05) is 17.8 Å². The number of amides is 2. The number of nitrogens with zero attached hydrogens (tertiary/aromatic N) is 1. The number of hydrogen-bond acceptors (Lipinski definition) is 4. The average Bonchev–Trinajstić information content (AvgIpc) is 3.03. The fraction of sp³-hybridized carbons (Fsp3) is 0.421. The molecule has 1 fully saturated rings.